The number of nitrogens with zero attached hydrogens (tertiary/aromatic N) is 1. The van der Waals surface area contributed by atoms with E-state index in [1.54, 1.807) is 12.1 Å². The molecular formula is C20H13NO4. The van der Waals surface area contributed by atoms with E-state index in [9.17, 15) is 20.3 Å². The summed E-state index contributed by atoms with van der Waals surface area (Å²) in [6.07, 6.45) is 0.672. The molecule has 0 saturated heterocycles. The maximum atomic E-state index is 11.8. The molecule has 0 radical (unpaired) electrons. The number of aliphatic hydroxyl groups is 2. The lowest BCUT2D eigenvalue weighted by Crippen LogP contribution is -2.20. The summed E-state index contributed by atoms with van der Waals surface area (Å²) in [7, 11) is 0. The van der Waals surface area contributed by atoms with Gasteiger partial charge in [0, 0.05) is 10.9 Å². The standard InChI is InChI=1S/C20H13NO4/c22-15-9-8-14-18(20(15)23)12-6-4-10-2-1-3-11-5-7-13(17(12)16(10)11)19(14)21(24)25/h1-9,15,20,22-23H/t15-,20+/m0/s1. The van der Waals surface area contributed by atoms with Crippen molar-refractivity contribution < 1.29 is 15.1 Å². The Morgan fingerprint density at radius 3 is 2.28 bits per heavy atom. The largest absolute Gasteiger partial charge is 0.386 e. The van der Waals surface area contributed by atoms with E-state index >= 15 is 0 Å². The van der Waals surface area contributed by atoms with E-state index in [-0.39, 0.29) is 5.69 Å². The molecule has 122 valence electrons. The molecule has 2 N–H and O–H groups in total. The van der Waals surface area contributed by atoms with Gasteiger partial charge in [-0.15, -0.1) is 0 Å². The minimum absolute atomic E-state index is 0.0250. The average Bonchev–Trinajstić information content (AvgIpc) is 2.61. The molecule has 5 rings (SSSR count). The third-order valence-electron chi connectivity index (χ3n) is 5.13. The SMILES string of the molecule is O=[N+]([O-])c1c2c(c3ccc4cccc5ccc1c3c45)[C@H](O)[C@@H](O)C=C2. The molecular weight excluding hydrogens is 318 g/mol. The molecule has 2 atom stereocenters. The zero-order valence-electron chi connectivity index (χ0n) is 13.0. The van der Waals surface area contributed by atoms with Crippen LogP contribution in [0.1, 0.15) is 17.2 Å². The van der Waals surface area contributed by atoms with Crippen LogP contribution >= 0.6 is 0 Å². The average molecular weight is 331 g/mol. The van der Waals surface area contributed by atoms with Crippen LogP contribution < -0.4 is 0 Å². The van der Waals surface area contributed by atoms with Crippen LogP contribution in [0.3, 0.4) is 0 Å². The van der Waals surface area contributed by atoms with E-state index in [0.29, 0.717) is 16.5 Å². The fourth-order valence-electron chi connectivity index (χ4n) is 4.08. The maximum absolute atomic E-state index is 11.8. The van der Waals surface area contributed by atoms with Gasteiger partial charge in [-0.1, -0.05) is 42.5 Å². The van der Waals surface area contributed by atoms with E-state index in [1.165, 1.54) is 6.08 Å². The molecule has 5 nitrogen and oxygen atoms in total. The molecule has 0 bridgehead atoms. The van der Waals surface area contributed by atoms with Crippen molar-refractivity contribution in [2.45, 2.75) is 12.2 Å². The minimum Gasteiger partial charge on any atom is -0.386 e. The van der Waals surface area contributed by atoms with Gasteiger partial charge in [0.1, 0.15) is 12.2 Å². The van der Waals surface area contributed by atoms with Crippen LogP contribution in [0.15, 0.2) is 48.5 Å². The molecule has 0 aromatic heterocycles. The number of hydrogen-bond acceptors (Lipinski definition) is 4. The third-order valence-corrected chi connectivity index (χ3v) is 5.13. The molecule has 0 aliphatic heterocycles. The first-order chi connectivity index (χ1) is 12.1. The Morgan fingerprint density at radius 2 is 1.60 bits per heavy atom. The quantitative estimate of drug-likeness (QED) is 0.315. The summed E-state index contributed by atoms with van der Waals surface area (Å²) in [5, 5.41) is 37.4. The lowest BCUT2D eigenvalue weighted by atomic mass is 9.83. The lowest BCUT2D eigenvalue weighted by Gasteiger charge is -2.25. The van der Waals surface area contributed by atoms with Crippen molar-refractivity contribution in [3.05, 3.63) is 69.8 Å². The topological polar surface area (TPSA) is 83.6 Å². The fraction of sp³-hybridized carbons (Fsp3) is 0.100. The van der Waals surface area contributed by atoms with Crippen LogP contribution in [0.2, 0.25) is 0 Å². The Bertz CT molecular complexity index is 1200. The number of aliphatic hydroxyl groups excluding tert-OH is 2. The number of fused-ring (bicyclic) bond motifs is 2. The van der Waals surface area contributed by atoms with Gasteiger partial charge in [-0.2, -0.15) is 0 Å². The first-order valence-corrected chi connectivity index (χ1v) is 8.00. The van der Waals surface area contributed by atoms with Crippen molar-refractivity contribution >= 4 is 44.1 Å². The zero-order valence-corrected chi connectivity index (χ0v) is 13.0. The molecule has 0 heterocycles. The van der Waals surface area contributed by atoms with E-state index in [1.807, 2.05) is 36.4 Å². The summed E-state index contributed by atoms with van der Waals surface area (Å²) < 4.78 is 0. The van der Waals surface area contributed by atoms with Crippen molar-refractivity contribution in [1.82, 2.24) is 0 Å². The summed E-state index contributed by atoms with van der Waals surface area (Å²) in [4.78, 5) is 11.4. The highest BCUT2D eigenvalue weighted by Gasteiger charge is 2.32. The van der Waals surface area contributed by atoms with Crippen LogP contribution in [-0.2, 0) is 0 Å². The third kappa shape index (κ3) is 1.74. The molecule has 4 aromatic carbocycles. The first-order valence-electron chi connectivity index (χ1n) is 8.00. The molecule has 0 amide bonds. The molecule has 0 spiro atoms. The van der Waals surface area contributed by atoms with Gasteiger partial charge in [-0.3, -0.25) is 10.1 Å². The second-order valence-corrected chi connectivity index (χ2v) is 6.41. The van der Waals surface area contributed by atoms with E-state index in [2.05, 4.69) is 0 Å². The molecule has 1 aliphatic rings. The number of nitro groups is 1. The second kappa shape index (κ2) is 4.75. The van der Waals surface area contributed by atoms with Crippen LogP contribution in [0.4, 0.5) is 5.69 Å². The van der Waals surface area contributed by atoms with Crippen LogP contribution in [0.5, 0.6) is 0 Å². The van der Waals surface area contributed by atoms with Crippen molar-refractivity contribution in [1.29, 1.82) is 0 Å². The number of hydrogen-bond donors (Lipinski definition) is 2. The Kier molecular flexibility index (Phi) is 2.72. The Labute approximate surface area is 141 Å². The first kappa shape index (κ1) is 14.3. The van der Waals surface area contributed by atoms with Crippen molar-refractivity contribution in [2.75, 3.05) is 0 Å². The highest BCUT2D eigenvalue weighted by molar-refractivity contribution is 6.26. The molecule has 5 heteroatoms. The minimum atomic E-state index is -1.19. The summed E-state index contributed by atoms with van der Waals surface area (Å²) in [5.74, 6) is 0. The van der Waals surface area contributed by atoms with Gasteiger partial charge in [0.15, 0.2) is 0 Å². The van der Waals surface area contributed by atoms with E-state index in [4.69, 9.17) is 0 Å². The van der Waals surface area contributed by atoms with E-state index < -0.39 is 17.1 Å². The maximum Gasteiger partial charge on any atom is 0.284 e. The number of benzene rings is 4. The van der Waals surface area contributed by atoms with Crippen molar-refractivity contribution in [3.8, 4) is 0 Å². The Balaban J connectivity index is 2.13. The van der Waals surface area contributed by atoms with Gasteiger partial charge in [-0.05, 0) is 33.7 Å². The zero-order chi connectivity index (χ0) is 17.3. The van der Waals surface area contributed by atoms with Crippen molar-refractivity contribution in [2.24, 2.45) is 0 Å². The predicted octanol–water partition coefficient (Wildman–Crippen LogP) is 3.91. The Morgan fingerprint density at radius 1 is 0.920 bits per heavy atom. The van der Waals surface area contributed by atoms with Gasteiger partial charge < -0.3 is 10.2 Å². The van der Waals surface area contributed by atoms with Gasteiger partial charge in [-0.25, -0.2) is 0 Å². The molecule has 1 aliphatic carbocycles. The monoisotopic (exact) mass is 331 g/mol. The number of nitro benzene ring substituents is 1. The fourth-order valence-corrected chi connectivity index (χ4v) is 4.08. The normalized spacial score (nSPS) is 19.8. The highest BCUT2D eigenvalue weighted by atomic mass is 16.6. The molecule has 0 unspecified atom stereocenters. The highest BCUT2D eigenvalue weighted by Crippen LogP contribution is 2.46. The second-order valence-electron chi connectivity index (χ2n) is 6.41. The summed E-state index contributed by atoms with van der Waals surface area (Å²) >= 11 is 0. The molecule has 25 heavy (non-hydrogen) atoms. The van der Waals surface area contributed by atoms with Crippen molar-refractivity contribution in [3.63, 3.8) is 0 Å². The van der Waals surface area contributed by atoms with Gasteiger partial charge in [0.05, 0.1) is 15.9 Å². The van der Waals surface area contributed by atoms with Gasteiger partial charge >= 0.3 is 0 Å². The molecule has 0 saturated carbocycles. The summed E-state index contributed by atoms with van der Waals surface area (Å²) in [6, 6.07) is 13.4. The van der Waals surface area contributed by atoms with Crippen LogP contribution in [0.25, 0.3) is 38.4 Å². The van der Waals surface area contributed by atoms with E-state index in [0.717, 1.165) is 26.9 Å². The van der Waals surface area contributed by atoms with Gasteiger partial charge in [0.2, 0.25) is 0 Å². The van der Waals surface area contributed by atoms with Crippen LogP contribution in [0, 0.1) is 10.1 Å². The van der Waals surface area contributed by atoms with Crippen LogP contribution in [-0.4, -0.2) is 21.2 Å². The summed E-state index contributed by atoms with van der Waals surface area (Å²) in [6.45, 7) is 0. The Hall–Kier alpha value is -3.02. The number of rotatable bonds is 1. The predicted molar refractivity (Wildman–Crippen MR) is 96.8 cm³/mol. The van der Waals surface area contributed by atoms with Gasteiger partial charge in [0.25, 0.3) is 5.69 Å². The molecule has 4 aromatic rings. The summed E-state index contributed by atoms with van der Waals surface area (Å²) in [5.41, 5.74) is 0.768. The molecule has 0 fully saturated rings. The lowest BCUT2D eigenvalue weighted by molar-refractivity contribution is -0.383. The smallest absolute Gasteiger partial charge is 0.284 e.